The molecule has 1 aromatic carbocycles. The highest BCUT2D eigenvalue weighted by molar-refractivity contribution is 9.10. The Hall–Kier alpha value is -0.800. The number of rotatable bonds is 3. The van der Waals surface area contributed by atoms with Crippen molar-refractivity contribution in [2.45, 2.75) is 38.3 Å². The average Bonchev–Trinajstić information content (AvgIpc) is 2.96. The number of aryl methyl sites for hydroxylation is 1. The summed E-state index contributed by atoms with van der Waals surface area (Å²) >= 11 is 3.54. The van der Waals surface area contributed by atoms with Gasteiger partial charge in [-0.3, -0.25) is 0 Å². The Morgan fingerprint density at radius 3 is 2.89 bits per heavy atom. The number of hydrogen-bond acceptors (Lipinski definition) is 1. The zero-order chi connectivity index (χ0) is 12.5. The summed E-state index contributed by atoms with van der Waals surface area (Å²) in [7, 11) is 2.12. The van der Waals surface area contributed by atoms with Gasteiger partial charge in [-0.2, -0.15) is 0 Å². The highest BCUT2D eigenvalue weighted by Gasteiger charge is 2.15. The Labute approximate surface area is 116 Å². The van der Waals surface area contributed by atoms with Gasteiger partial charge in [0.1, 0.15) is 0 Å². The number of nitrogens with zero attached hydrogens (tertiary/aromatic N) is 1. The molecule has 1 N–H and O–H groups in total. The van der Waals surface area contributed by atoms with Crippen molar-refractivity contribution in [2.24, 2.45) is 7.05 Å². The fraction of sp³-hybridized carbons (Fsp3) is 0.467. The maximum Gasteiger partial charge on any atom is 0.0492 e. The monoisotopic (exact) mass is 306 g/mol. The highest BCUT2D eigenvalue weighted by Crippen LogP contribution is 2.25. The summed E-state index contributed by atoms with van der Waals surface area (Å²) in [6, 6.07) is 7.26. The summed E-state index contributed by atoms with van der Waals surface area (Å²) in [6.45, 7) is 0.990. The van der Waals surface area contributed by atoms with Gasteiger partial charge in [0.15, 0.2) is 0 Å². The van der Waals surface area contributed by atoms with Gasteiger partial charge in [0, 0.05) is 41.2 Å². The molecule has 0 radical (unpaired) electrons. The van der Waals surface area contributed by atoms with Crippen molar-refractivity contribution in [3.05, 3.63) is 34.4 Å². The van der Waals surface area contributed by atoms with Gasteiger partial charge in [-0.05, 0) is 30.5 Å². The molecule has 0 aliphatic heterocycles. The molecule has 0 amide bonds. The van der Waals surface area contributed by atoms with E-state index in [0.29, 0.717) is 0 Å². The quantitative estimate of drug-likeness (QED) is 0.908. The number of fused-ring (bicyclic) bond motifs is 1. The molecular weight excluding hydrogens is 288 g/mol. The zero-order valence-corrected chi connectivity index (χ0v) is 12.3. The van der Waals surface area contributed by atoms with Gasteiger partial charge in [-0.25, -0.2) is 0 Å². The fourth-order valence-electron chi connectivity index (χ4n) is 2.97. The molecule has 1 heterocycles. The van der Waals surface area contributed by atoms with Crippen LogP contribution in [0.4, 0.5) is 0 Å². The van der Waals surface area contributed by atoms with E-state index in [-0.39, 0.29) is 0 Å². The minimum atomic E-state index is 0.732. The van der Waals surface area contributed by atoms with Gasteiger partial charge in [-0.1, -0.05) is 34.8 Å². The second-order valence-electron chi connectivity index (χ2n) is 5.29. The maximum absolute atomic E-state index is 3.69. The second-order valence-corrected chi connectivity index (χ2v) is 6.20. The van der Waals surface area contributed by atoms with Gasteiger partial charge >= 0.3 is 0 Å². The summed E-state index contributed by atoms with van der Waals surface area (Å²) in [6.07, 6.45) is 7.71. The number of hydrogen-bond donors (Lipinski definition) is 1. The molecule has 0 unspecified atom stereocenters. The van der Waals surface area contributed by atoms with Crippen LogP contribution in [0, 0.1) is 0 Å². The molecule has 1 fully saturated rings. The lowest BCUT2D eigenvalue weighted by atomic mass is 10.1. The van der Waals surface area contributed by atoms with Crippen molar-refractivity contribution < 1.29 is 0 Å². The van der Waals surface area contributed by atoms with E-state index in [4.69, 9.17) is 0 Å². The molecule has 0 saturated heterocycles. The van der Waals surface area contributed by atoms with Crippen molar-refractivity contribution in [2.75, 3.05) is 0 Å². The molecular formula is C15H19BrN2. The molecule has 2 aromatic rings. The average molecular weight is 307 g/mol. The SMILES string of the molecule is Cn1cc(CNC2CCCC2)c2ccc(Br)cc21. The third-order valence-electron chi connectivity index (χ3n) is 3.97. The van der Waals surface area contributed by atoms with Crippen LogP contribution in [0.3, 0.4) is 0 Å². The number of aromatic nitrogens is 1. The van der Waals surface area contributed by atoms with Crippen LogP contribution in [0.15, 0.2) is 28.9 Å². The number of benzene rings is 1. The Kier molecular flexibility index (Phi) is 3.44. The van der Waals surface area contributed by atoms with E-state index < -0.39 is 0 Å². The first-order valence-corrected chi connectivity index (χ1v) is 7.50. The molecule has 0 atom stereocenters. The van der Waals surface area contributed by atoms with Crippen molar-refractivity contribution in [1.82, 2.24) is 9.88 Å². The Balaban J connectivity index is 1.83. The largest absolute Gasteiger partial charge is 0.350 e. The molecule has 1 saturated carbocycles. The van der Waals surface area contributed by atoms with Crippen LogP contribution in [0.5, 0.6) is 0 Å². The molecule has 3 rings (SSSR count). The molecule has 1 aliphatic rings. The third-order valence-corrected chi connectivity index (χ3v) is 4.46. The summed E-state index contributed by atoms with van der Waals surface area (Å²) in [5, 5.41) is 5.06. The van der Waals surface area contributed by atoms with E-state index in [1.54, 1.807) is 0 Å². The molecule has 18 heavy (non-hydrogen) atoms. The summed E-state index contributed by atoms with van der Waals surface area (Å²) in [5.41, 5.74) is 2.71. The Bertz CT molecular complexity index is 553. The predicted molar refractivity (Wildman–Crippen MR) is 79.7 cm³/mol. The molecule has 0 spiro atoms. The van der Waals surface area contributed by atoms with E-state index >= 15 is 0 Å². The van der Waals surface area contributed by atoms with Crippen molar-refractivity contribution in [3.63, 3.8) is 0 Å². The first-order chi connectivity index (χ1) is 8.74. The van der Waals surface area contributed by atoms with E-state index in [9.17, 15) is 0 Å². The van der Waals surface area contributed by atoms with Crippen LogP contribution >= 0.6 is 15.9 Å². The fourth-order valence-corrected chi connectivity index (χ4v) is 3.32. The van der Waals surface area contributed by atoms with Crippen LogP contribution < -0.4 is 5.32 Å². The smallest absolute Gasteiger partial charge is 0.0492 e. The van der Waals surface area contributed by atoms with E-state index in [1.807, 2.05) is 0 Å². The number of halogens is 1. The summed E-state index contributed by atoms with van der Waals surface area (Å²) < 4.78 is 3.36. The molecule has 1 aliphatic carbocycles. The molecule has 1 aromatic heterocycles. The maximum atomic E-state index is 3.69. The number of nitrogens with one attached hydrogen (secondary N) is 1. The molecule has 2 nitrogen and oxygen atoms in total. The van der Waals surface area contributed by atoms with Crippen molar-refractivity contribution >= 4 is 26.8 Å². The Morgan fingerprint density at radius 2 is 2.11 bits per heavy atom. The summed E-state index contributed by atoms with van der Waals surface area (Å²) in [5.74, 6) is 0. The van der Waals surface area contributed by atoms with Crippen molar-refractivity contribution in [3.8, 4) is 0 Å². The van der Waals surface area contributed by atoms with Gasteiger partial charge in [-0.15, -0.1) is 0 Å². The minimum absolute atomic E-state index is 0.732. The molecule has 0 bridgehead atoms. The third kappa shape index (κ3) is 2.34. The van der Waals surface area contributed by atoms with E-state index in [0.717, 1.165) is 17.1 Å². The van der Waals surface area contributed by atoms with Crippen molar-refractivity contribution in [1.29, 1.82) is 0 Å². The van der Waals surface area contributed by atoms with Gasteiger partial charge in [0.2, 0.25) is 0 Å². The zero-order valence-electron chi connectivity index (χ0n) is 10.7. The molecule has 96 valence electrons. The predicted octanol–water partition coefficient (Wildman–Crippen LogP) is 3.97. The van der Waals surface area contributed by atoms with Crippen LogP contribution in [0.2, 0.25) is 0 Å². The van der Waals surface area contributed by atoms with Gasteiger partial charge in [0.05, 0.1) is 0 Å². The van der Waals surface area contributed by atoms with Crippen LogP contribution in [0.1, 0.15) is 31.2 Å². The Morgan fingerprint density at radius 1 is 1.33 bits per heavy atom. The van der Waals surface area contributed by atoms with Gasteiger partial charge < -0.3 is 9.88 Å². The van der Waals surface area contributed by atoms with Crippen LogP contribution in [-0.4, -0.2) is 10.6 Å². The van der Waals surface area contributed by atoms with E-state index in [1.165, 1.54) is 42.1 Å². The first kappa shape index (κ1) is 12.2. The second kappa shape index (κ2) is 5.06. The lowest BCUT2D eigenvalue weighted by Crippen LogP contribution is -2.25. The van der Waals surface area contributed by atoms with Crippen LogP contribution in [-0.2, 0) is 13.6 Å². The van der Waals surface area contributed by atoms with Crippen LogP contribution in [0.25, 0.3) is 10.9 Å². The first-order valence-electron chi connectivity index (χ1n) is 6.71. The highest BCUT2D eigenvalue weighted by atomic mass is 79.9. The normalized spacial score (nSPS) is 16.8. The summed E-state index contributed by atoms with van der Waals surface area (Å²) in [4.78, 5) is 0. The lowest BCUT2D eigenvalue weighted by molar-refractivity contribution is 0.525. The minimum Gasteiger partial charge on any atom is -0.350 e. The topological polar surface area (TPSA) is 17.0 Å². The lowest BCUT2D eigenvalue weighted by Gasteiger charge is -2.10. The molecule has 3 heteroatoms. The van der Waals surface area contributed by atoms with E-state index in [2.05, 4.69) is 57.3 Å². The van der Waals surface area contributed by atoms with Gasteiger partial charge in [0.25, 0.3) is 0 Å². The standard InChI is InChI=1S/C15H19BrN2/c1-18-10-11(9-17-13-4-2-3-5-13)14-7-6-12(16)8-15(14)18/h6-8,10,13,17H,2-5,9H2,1H3.